The van der Waals surface area contributed by atoms with Gasteiger partial charge >= 0.3 is 0 Å². The number of rotatable bonds is 6. The predicted octanol–water partition coefficient (Wildman–Crippen LogP) is 4.03. The van der Waals surface area contributed by atoms with Gasteiger partial charge in [-0.2, -0.15) is 0 Å². The molecule has 5 rings (SSSR count). The third kappa shape index (κ3) is 4.08. The standard InChI is InChI=1S/C26H27ClN2O5/c1-16-14-21-19(15-20(16)27)24(30)22-23(17-4-6-18(32-2)7-5-17)29(26(31)25(22)34-21)9-3-8-28-10-12-33-13-11-28/h4-7,14-15,23H,3,8-13H2,1-2H3. The predicted molar refractivity (Wildman–Crippen MR) is 130 cm³/mol. The van der Waals surface area contributed by atoms with E-state index in [0.29, 0.717) is 33.8 Å². The largest absolute Gasteiger partial charge is 0.497 e. The molecule has 0 spiro atoms. The van der Waals surface area contributed by atoms with Gasteiger partial charge in [0.1, 0.15) is 11.3 Å². The van der Waals surface area contributed by atoms with Crippen LogP contribution in [0.3, 0.4) is 0 Å². The van der Waals surface area contributed by atoms with Crippen LogP contribution in [0.4, 0.5) is 0 Å². The summed E-state index contributed by atoms with van der Waals surface area (Å²) in [6.45, 7) is 6.45. The second kappa shape index (κ2) is 9.41. The Morgan fingerprint density at radius 3 is 2.53 bits per heavy atom. The summed E-state index contributed by atoms with van der Waals surface area (Å²) < 4.78 is 16.8. The third-order valence-electron chi connectivity index (χ3n) is 6.66. The van der Waals surface area contributed by atoms with Gasteiger partial charge in [-0.3, -0.25) is 14.5 Å². The van der Waals surface area contributed by atoms with Crippen LogP contribution in [-0.4, -0.2) is 62.2 Å². The first-order chi connectivity index (χ1) is 16.5. The molecule has 0 N–H and O–H groups in total. The minimum Gasteiger partial charge on any atom is -0.497 e. The average Bonchev–Trinajstić information content (AvgIpc) is 3.13. The molecule has 2 aromatic carbocycles. The fraction of sp³-hybridized carbons (Fsp3) is 0.385. The van der Waals surface area contributed by atoms with E-state index in [1.54, 1.807) is 24.1 Å². The van der Waals surface area contributed by atoms with E-state index >= 15 is 0 Å². The Bertz CT molecular complexity index is 1280. The number of morpholine rings is 1. The van der Waals surface area contributed by atoms with E-state index in [-0.39, 0.29) is 17.1 Å². The first-order valence-corrected chi connectivity index (χ1v) is 11.9. The number of methoxy groups -OCH3 is 1. The second-order valence-corrected chi connectivity index (χ2v) is 9.16. The van der Waals surface area contributed by atoms with Crippen LogP contribution in [0, 0.1) is 6.92 Å². The van der Waals surface area contributed by atoms with Crippen molar-refractivity contribution in [3.8, 4) is 5.75 Å². The molecule has 1 unspecified atom stereocenters. The number of hydrogen-bond acceptors (Lipinski definition) is 6. The second-order valence-electron chi connectivity index (χ2n) is 8.75. The van der Waals surface area contributed by atoms with E-state index < -0.39 is 6.04 Å². The summed E-state index contributed by atoms with van der Waals surface area (Å²) in [5.41, 5.74) is 2.15. The highest BCUT2D eigenvalue weighted by atomic mass is 35.5. The Labute approximate surface area is 202 Å². The molecular formula is C26H27ClN2O5. The molecule has 0 aliphatic carbocycles. The van der Waals surface area contributed by atoms with Crippen molar-refractivity contribution < 1.29 is 18.7 Å². The first kappa shape index (κ1) is 22.9. The van der Waals surface area contributed by atoms with Crippen LogP contribution in [0.2, 0.25) is 5.02 Å². The Hall–Kier alpha value is -2.87. The summed E-state index contributed by atoms with van der Waals surface area (Å²) in [5, 5.41) is 0.878. The summed E-state index contributed by atoms with van der Waals surface area (Å²) >= 11 is 6.31. The molecule has 1 amide bonds. The van der Waals surface area contributed by atoms with E-state index in [4.69, 9.17) is 25.5 Å². The fourth-order valence-corrected chi connectivity index (χ4v) is 4.96. The van der Waals surface area contributed by atoms with Gasteiger partial charge in [-0.1, -0.05) is 23.7 Å². The van der Waals surface area contributed by atoms with Gasteiger partial charge in [0.05, 0.1) is 37.3 Å². The summed E-state index contributed by atoms with van der Waals surface area (Å²) in [6.07, 6.45) is 0.783. The lowest BCUT2D eigenvalue weighted by Crippen LogP contribution is -2.38. The maximum Gasteiger partial charge on any atom is 0.290 e. The van der Waals surface area contributed by atoms with E-state index in [0.717, 1.165) is 50.4 Å². The number of amides is 1. The Morgan fingerprint density at radius 1 is 1.09 bits per heavy atom. The number of ether oxygens (including phenoxy) is 2. The molecule has 178 valence electrons. The maximum atomic E-state index is 13.7. The van der Waals surface area contributed by atoms with Crippen LogP contribution in [0.1, 0.15) is 39.7 Å². The third-order valence-corrected chi connectivity index (χ3v) is 7.06. The summed E-state index contributed by atoms with van der Waals surface area (Å²) in [4.78, 5) is 31.3. The molecule has 2 aliphatic heterocycles. The maximum absolute atomic E-state index is 13.7. The SMILES string of the molecule is COc1ccc(C2c3c(oc4cc(C)c(Cl)cc4c3=O)C(=O)N2CCCN2CCOCC2)cc1. The number of aryl methyl sites for hydroxylation is 1. The highest BCUT2D eigenvalue weighted by Gasteiger charge is 2.42. The van der Waals surface area contributed by atoms with Crippen LogP contribution in [0.25, 0.3) is 11.0 Å². The number of halogens is 1. The van der Waals surface area contributed by atoms with Crippen molar-refractivity contribution in [3.05, 3.63) is 74.1 Å². The molecule has 1 fully saturated rings. The number of carbonyl (C=O) groups excluding carboxylic acids is 1. The molecule has 1 aromatic heterocycles. The van der Waals surface area contributed by atoms with Crippen molar-refractivity contribution in [3.63, 3.8) is 0 Å². The highest BCUT2D eigenvalue weighted by molar-refractivity contribution is 6.32. The topological polar surface area (TPSA) is 72.2 Å². The Morgan fingerprint density at radius 2 is 1.82 bits per heavy atom. The monoisotopic (exact) mass is 482 g/mol. The average molecular weight is 483 g/mol. The van der Waals surface area contributed by atoms with Gasteiger partial charge in [0.2, 0.25) is 5.76 Å². The Kier molecular flexibility index (Phi) is 6.34. The van der Waals surface area contributed by atoms with Crippen molar-refractivity contribution in [2.45, 2.75) is 19.4 Å². The molecule has 34 heavy (non-hydrogen) atoms. The van der Waals surface area contributed by atoms with Crippen molar-refractivity contribution in [1.29, 1.82) is 0 Å². The lowest BCUT2D eigenvalue weighted by atomic mass is 9.98. The van der Waals surface area contributed by atoms with Crippen molar-refractivity contribution in [2.75, 3.05) is 46.5 Å². The molecule has 3 heterocycles. The van der Waals surface area contributed by atoms with Gasteiger partial charge in [-0.05, 0) is 48.7 Å². The van der Waals surface area contributed by atoms with Gasteiger partial charge in [0, 0.05) is 31.2 Å². The Balaban J connectivity index is 1.55. The molecule has 1 atom stereocenters. The minimum atomic E-state index is -0.529. The number of nitrogens with zero attached hydrogens (tertiary/aromatic N) is 2. The molecule has 3 aromatic rings. The smallest absolute Gasteiger partial charge is 0.290 e. The van der Waals surface area contributed by atoms with Crippen molar-refractivity contribution in [2.24, 2.45) is 0 Å². The van der Waals surface area contributed by atoms with Crippen LogP contribution >= 0.6 is 11.6 Å². The van der Waals surface area contributed by atoms with Crippen molar-refractivity contribution >= 4 is 28.5 Å². The van der Waals surface area contributed by atoms with Gasteiger partial charge in [0.15, 0.2) is 5.43 Å². The minimum absolute atomic E-state index is 0.117. The fourth-order valence-electron chi connectivity index (χ4n) is 4.79. The van der Waals surface area contributed by atoms with E-state index in [9.17, 15) is 9.59 Å². The molecule has 1 saturated heterocycles. The van der Waals surface area contributed by atoms with Crippen LogP contribution < -0.4 is 10.2 Å². The molecule has 0 bridgehead atoms. The summed E-state index contributed by atoms with van der Waals surface area (Å²) in [6, 6.07) is 10.3. The van der Waals surface area contributed by atoms with Gasteiger partial charge < -0.3 is 18.8 Å². The quantitative estimate of drug-likeness (QED) is 0.528. The molecule has 7 nitrogen and oxygen atoms in total. The molecule has 8 heteroatoms. The van der Waals surface area contributed by atoms with Gasteiger partial charge in [-0.15, -0.1) is 0 Å². The van der Waals surface area contributed by atoms with Gasteiger partial charge in [-0.25, -0.2) is 0 Å². The zero-order valence-electron chi connectivity index (χ0n) is 19.3. The summed E-state index contributed by atoms with van der Waals surface area (Å²) in [5.74, 6) is 0.566. The molecule has 0 saturated carbocycles. The van der Waals surface area contributed by atoms with Crippen molar-refractivity contribution in [1.82, 2.24) is 9.80 Å². The normalized spacial score (nSPS) is 18.5. The van der Waals surface area contributed by atoms with E-state index in [1.807, 2.05) is 31.2 Å². The van der Waals surface area contributed by atoms with E-state index in [1.165, 1.54) is 0 Å². The van der Waals surface area contributed by atoms with Crippen LogP contribution in [0.5, 0.6) is 5.75 Å². The lowest BCUT2D eigenvalue weighted by Gasteiger charge is -2.29. The molecule has 2 aliphatic rings. The number of benzene rings is 2. The van der Waals surface area contributed by atoms with Gasteiger partial charge in [0.25, 0.3) is 5.91 Å². The lowest BCUT2D eigenvalue weighted by molar-refractivity contribution is 0.0353. The van der Waals surface area contributed by atoms with E-state index in [2.05, 4.69) is 4.90 Å². The highest BCUT2D eigenvalue weighted by Crippen LogP contribution is 2.39. The molecular weight excluding hydrogens is 456 g/mol. The van der Waals surface area contributed by atoms with Crippen LogP contribution in [0.15, 0.2) is 45.6 Å². The zero-order chi connectivity index (χ0) is 23.8. The number of carbonyl (C=O) groups is 1. The molecule has 0 radical (unpaired) electrons. The zero-order valence-corrected chi connectivity index (χ0v) is 20.1. The first-order valence-electron chi connectivity index (χ1n) is 11.5. The summed E-state index contributed by atoms with van der Waals surface area (Å²) in [7, 11) is 1.60. The van der Waals surface area contributed by atoms with Crippen LogP contribution in [-0.2, 0) is 4.74 Å². The number of hydrogen-bond donors (Lipinski definition) is 0. The number of fused-ring (bicyclic) bond motifs is 2.